The summed E-state index contributed by atoms with van der Waals surface area (Å²) in [6.07, 6.45) is -1.11. The highest BCUT2D eigenvalue weighted by atomic mass is 35.5. The van der Waals surface area contributed by atoms with Gasteiger partial charge in [0.1, 0.15) is 16.5 Å². The Morgan fingerprint density at radius 1 is 1.12 bits per heavy atom. The van der Waals surface area contributed by atoms with Gasteiger partial charge in [0.05, 0.1) is 10.7 Å². The Labute approximate surface area is 156 Å². The molecule has 1 aromatic heterocycles. The van der Waals surface area contributed by atoms with Gasteiger partial charge in [0.25, 0.3) is 5.91 Å². The van der Waals surface area contributed by atoms with E-state index in [2.05, 4.69) is 5.32 Å². The average molecular weight is 396 g/mol. The lowest BCUT2D eigenvalue weighted by Crippen LogP contribution is -2.29. The van der Waals surface area contributed by atoms with E-state index in [1.807, 2.05) is 0 Å². The van der Waals surface area contributed by atoms with E-state index in [1.54, 1.807) is 6.07 Å². The maximum absolute atomic E-state index is 13.2. The first-order chi connectivity index (χ1) is 12.3. The molecule has 0 aliphatic rings. The molecule has 1 atom stereocenters. The van der Waals surface area contributed by atoms with Gasteiger partial charge in [-0.15, -0.1) is 11.3 Å². The van der Waals surface area contributed by atoms with E-state index in [-0.39, 0.29) is 15.6 Å². The second-order valence-corrected chi connectivity index (χ2v) is 6.94. The zero-order valence-corrected chi connectivity index (χ0v) is 15.0. The Hall–Kier alpha value is -2.51. The van der Waals surface area contributed by atoms with Crippen LogP contribution >= 0.6 is 22.9 Å². The van der Waals surface area contributed by atoms with Crippen molar-refractivity contribution >= 4 is 50.6 Å². The highest BCUT2D eigenvalue weighted by Crippen LogP contribution is 2.27. The molecule has 134 valence electrons. The zero-order chi connectivity index (χ0) is 18.8. The van der Waals surface area contributed by atoms with E-state index in [0.717, 1.165) is 28.2 Å². The zero-order valence-electron chi connectivity index (χ0n) is 13.4. The molecule has 0 aliphatic carbocycles. The van der Waals surface area contributed by atoms with Crippen LogP contribution in [0, 0.1) is 11.6 Å². The van der Waals surface area contributed by atoms with Crippen LogP contribution in [0.1, 0.15) is 16.6 Å². The number of amides is 1. The number of nitrogens with one attached hydrogen (secondary N) is 1. The summed E-state index contributed by atoms with van der Waals surface area (Å²) < 4.78 is 32.1. The molecule has 0 radical (unpaired) electrons. The fourth-order valence-corrected chi connectivity index (χ4v) is 3.35. The molecule has 0 spiro atoms. The van der Waals surface area contributed by atoms with Crippen LogP contribution in [-0.2, 0) is 9.53 Å². The Kier molecular flexibility index (Phi) is 5.20. The lowest BCUT2D eigenvalue weighted by Gasteiger charge is -2.13. The Morgan fingerprint density at radius 2 is 1.81 bits per heavy atom. The Morgan fingerprint density at radius 3 is 2.54 bits per heavy atom. The van der Waals surface area contributed by atoms with Crippen LogP contribution in [0.4, 0.5) is 14.5 Å². The predicted molar refractivity (Wildman–Crippen MR) is 96.7 cm³/mol. The Balaban J connectivity index is 1.68. The van der Waals surface area contributed by atoms with Gasteiger partial charge in [-0.05, 0) is 54.8 Å². The SMILES string of the molecule is C[C@@H](OC(=O)c1cc2cc(F)ccc2s1)C(=O)Nc1ccc(F)cc1Cl. The average Bonchev–Trinajstić information content (AvgIpc) is 3.00. The molecular weight excluding hydrogens is 384 g/mol. The van der Waals surface area contributed by atoms with Gasteiger partial charge in [0, 0.05) is 4.70 Å². The lowest BCUT2D eigenvalue weighted by molar-refractivity contribution is -0.123. The van der Waals surface area contributed by atoms with Gasteiger partial charge in [0.2, 0.25) is 0 Å². The molecule has 8 heteroatoms. The van der Waals surface area contributed by atoms with Crippen LogP contribution in [0.15, 0.2) is 42.5 Å². The fourth-order valence-electron chi connectivity index (χ4n) is 2.21. The molecule has 0 aliphatic heterocycles. The van der Waals surface area contributed by atoms with Crippen molar-refractivity contribution in [1.82, 2.24) is 0 Å². The van der Waals surface area contributed by atoms with E-state index in [0.29, 0.717) is 5.39 Å². The molecule has 0 bridgehead atoms. The van der Waals surface area contributed by atoms with Crippen LogP contribution in [0.25, 0.3) is 10.1 Å². The van der Waals surface area contributed by atoms with Crippen LogP contribution in [-0.4, -0.2) is 18.0 Å². The van der Waals surface area contributed by atoms with E-state index in [9.17, 15) is 18.4 Å². The number of fused-ring (bicyclic) bond motifs is 1. The van der Waals surface area contributed by atoms with Gasteiger partial charge in [-0.25, -0.2) is 13.6 Å². The highest BCUT2D eigenvalue weighted by Gasteiger charge is 2.21. The second-order valence-electron chi connectivity index (χ2n) is 5.45. The summed E-state index contributed by atoms with van der Waals surface area (Å²) in [7, 11) is 0. The minimum absolute atomic E-state index is 0.0309. The number of esters is 1. The number of carbonyl (C=O) groups is 2. The van der Waals surface area contributed by atoms with Crippen molar-refractivity contribution < 1.29 is 23.1 Å². The number of hydrogen-bond acceptors (Lipinski definition) is 4. The lowest BCUT2D eigenvalue weighted by atomic mass is 10.2. The van der Waals surface area contributed by atoms with E-state index < -0.39 is 29.6 Å². The Bertz CT molecular complexity index is 1010. The monoisotopic (exact) mass is 395 g/mol. The molecule has 1 N–H and O–H groups in total. The summed E-state index contributed by atoms with van der Waals surface area (Å²) in [4.78, 5) is 24.6. The predicted octanol–water partition coefficient (Wildman–Crippen LogP) is 5.02. The minimum atomic E-state index is -1.11. The van der Waals surface area contributed by atoms with Crippen molar-refractivity contribution in [1.29, 1.82) is 0 Å². The van der Waals surface area contributed by atoms with Crippen molar-refractivity contribution in [3.8, 4) is 0 Å². The molecule has 4 nitrogen and oxygen atoms in total. The first-order valence-electron chi connectivity index (χ1n) is 7.49. The van der Waals surface area contributed by atoms with E-state index in [4.69, 9.17) is 16.3 Å². The number of rotatable bonds is 4. The maximum atomic E-state index is 13.2. The van der Waals surface area contributed by atoms with Crippen LogP contribution in [0.5, 0.6) is 0 Å². The summed E-state index contributed by atoms with van der Waals surface area (Å²) >= 11 is 6.99. The molecule has 0 unspecified atom stereocenters. The number of anilines is 1. The molecule has 2 aromatic carbocycles. The van der Waals surface area contributed by atoms with Crippen molar-refractivity contribution in [2.24, 2.45) is 0 Å². The van der Waals surface area contributed by atoms with Crippen LogP contribution < -0.4 is 5.32 Å². The summed E-state index contributed by atoms with van der Waals surface area (Å²) in [5.41, 5.74) is 0.207. The molecule has 0 saturated heterocycles. The topological polar surface area (TPSA) is 55.4 Å². The number of halogens is 3. The third-order valence-electron chi connectivity index (χ3n) is 3.52. The van der Waals surface area contributed by atoms with Crippen molar-refractivity contribution in [2.75, 3.05) is 5.32 Å². The number of carbonyl (C=O) groups excluding carboxylic acids is 2. The summed E-state index contributed by atoms with van der Waals surface area (Å²) in [6.45, 7) is 1.40. The molecule has 26 heavy (non-hydrogen) atoms. The summed E-state index contributed by atoms with van der Waals surface area (Å²) in [5.74, 6) is -2.24. The molecule has 3 aromatic rings. The van der Waals surface area contributed by atoms with Gasteiger partial charge in [-0.2, -0.15) is 0 Å². The van der Waals surface area contributed by atoms with Gasteiger partial charge in [-0.1, -0.05) is 11.6 Å². The third-order valence-corrected chi connectivity index (χ3v) is 4.93. The minimum Gasteiger partial charge on any atom is -0.448 e. The molecule has 3 rings (SSSR count). The van der Waals surface area contributed by atoms with Crippen LogP contribution in [0.3, 0.4) is 0 Å². The molecular formula is C18H12ClF2NO3S. The summed E-state index contributed by atoms with van der Waals surface area (Å²) in [5, 5.41) is 3.08. The van der Waals surface area contributed by atoms with Crippen molar-refractivity contribution in [3.63, 3.8) is 0 Å². The number of hydrogen-bond donors (Lipinski definition) is 1. The fraction of sp³-hybridized carbons (Fsp3) is 0.111. The largest absolute Gasteiger partial charge is 0.448 e. The normalized spacial score (nSPS) is 12.0. The first kappa shape index (κ1) is 18.3. The third kappa shape index (κ3) is 4.00. The number of thiophene rings is 1. The quantitative estimate of drug-likeness (QED) is 0.631. The number of benzene rings is 2. The van der Waals surface area contributed by atoms with Crippen molar-refractivity contribution in [3.05, 3.63) is 64.0 Å². The highest BCUT2D eigenvalue weighted by molar-refractivity contribution is 7.20. The molecule has 0 saturated carbocycles. The maximum Gasteiger partial charge on any atom is 0.349 e. The summed E-state index contributed by atoms with van der Waals surface area (Å²) in [6, 6.07) is 9.21. The molecule has 0 fully saturated rings. The van der Waals surface area contributed by atoms with Gasteiger partial charge in [-0.3, -0.25) is 4.79 Å². The molecule has 1 heterocycles. The number of ether oxygens (including phenoxy) is 1. The van der Waals surface area contributed by atoms with E-state index >= 15 is 0 Å². The molecule has 1 amide bonds. The van der Waals surface area contributed by atoms with Gasteiger partial charge >= 0.3 is 5.97 Å². The van der Waals surface area contributed by atoms with Gasteiger partial charge < -0.3 is 10.1 Å². The van der Waals surface area contributed by atoms with Crippen LogP contribution in [0.2, 0.25) is 5.02 Å². The van der Waals surface area contributed by atoms with E-state index in [1.165, 1.54) is 31.2 Å². The second kappa shape index (κ2) is 7.39. The standard InChI is InChI=1S/C18H12ClF2NO3S/c1-9(17(23)22-14-4-2-12(21)8-13(14)19)25-18(24)16-7-10-6-11(20)3-5-15(10)26-16/h2-9H,1H3,(H,22,23)/t9-/m1/s1. The smallest absolute Gasteiger partial charge is 0.349 e. The van der Waals surface area contributed by atoms with Crippen molar-refractivity contribution in [2.45, 2.75) is 13.0 Å². The van der Waals surface area contributed by atoms with Gasteiger partial charge in [0.15, 0.2) is 6.10 Å². The first-order valence-corrected chi connectivity index (χ1v) is 8.69.